The highest BCUT2D eigenvalue weighted by atomic mass is 16.5. The van der Waals surface area contributed by atoms with Crippen molar-refractivity contribution in [2.24, 2.45) is 0 Å². The molecule has 1 saturated carbocycles. The van der Waals surface area contributed by atoms with Gasteiger partial charge in [-0.1, -0.05) is 30.3 Å². The van der Waals surface area contributed by atoms with Crippen molar-refractivity contribution in [3.05, 3.63) is 35.9 Å². The summed E-state index contributed by atoms with van der Waals surface area (Å²) < 4.78 is 4.93. The van der Waals surface area contributed by atoms with Gasteiger partial charge in [-0.05, 0) is 19.8 Å². The van der Waals surface area contributed by atoms with Crippen LogP contribution in [0.3, 0.4) is 0 Å². The standard InChI is InChI=1S/C15H19NO3/c1-2-19-14(17)10-13(16-12-8-9-12)15(18)11-6-4-3-5-7-11/h3-7,12-13,16H,2,8-10H2,1H3. The monoisotopic (exact) mass is 261 g/mol. The van der Waals surface area contributed by atoms with Gasteiger partial charge in [-0.25, -0.2) is 0 Å². The number of Topliss-reactive ketones (excluding diaryl/α,β-unsaturated/α-hetero) is 1. The molecule has 0 radical (unpaired) electrons. The Labute approximate surface area is 113 Å². The number of esters is 1. The Morgan fingerprint density at radius 3 is 2.58 bits per heavy atom. The first-order valence-corrected chi connectivity index (χ1v) is 6.71. The molecule has 1 aliphatic carbocycles. The van der Waals surface area contributed by atoms with Crippen molar-refractivity contribution in [3.63, 3.8) is 0 Å². The van der Waals surface area contributed by atoms with Crippen LogP contribution in [0.15, 0.2) is 30.3 Å². The molecule has 0 amide bonds. The van der Waals surface area contributed by atoms with E-state index >= 15 is 0 Å². The van der Waals surface area contributed by atoms with Gasteiger partial charge in [0.05, 0.1) is 19.1 Å². The molecule has 2 rings (SSSR count). The average Bonchev–Trinajstić information content (AvgIpc) is 3.22. The van der Waals surface area contributed by atoms with Crippen molar-refractivity contribution in [1.29, 1.82) is 0 Å². The van der Waals surface area contributed by atoms with E-state index in [0.717, 1.165) is 12.8 Å². The van der Waals surface area contributed by atoms with Crippen LogP contribution in [0.4, 0.5) is 0 Å². The van der Waals surface area contributed by atoms with Crippen LogP contribution in [0.5, 0.6) is 0 Å². The summed E-state index contributed by atoms with van der Waals surface area (Å²) in [7, 11) is 0. The van der Waals surface area contributed by atoms with Crippen LogP contribution in [-0.2, 0) is 9.53 Å². The normalized spacial score (nSPS) is 15.8. The Morgan fingerprint density at radius 2 is 2.00 bits per heavy atom. The summed E-state index contributed by atoms with van der Waals surface area (Å²) in [4.78, 5) is 24.0. The predicted molar refractivity (Wildman–Crippen MR) is 72.0 cm³/mol. The van der Waals surface area contributed by atoms with Gasteiger partial charge in [-0.3, -0.25) is 9.59 Å². The lowest BCUT2D eigenvalue weighted by Gasteiger charge is -2.16. The molecule has 1 fully saturated rings. The summed E-state index contributed by atoms with van der Waals surface area (Å²) in [5, 5.41) is 3.23. The van der Waals surface area contributed by atoms with E-state index in [2.05, 4.69) is 5.32 Å². The zero-order chi connectivity index (χ0) is 13.7. The average molecular weight is 261 g/mol. The van der Waals surface area contributed by atoms with Gasteiger partial charge in [0.2, 0.25) is 0 Å². The zero-order valence-corrected chi connectivity index (χ0v) is 11.1. The van der Waals surface area contributed by atoms with E-state index < -0.39 is 6.04 Å². The molecule has 4 nitrogen and oxygen atoms in total. The third kappa shape index (κ3) is 4.17. The third-order valence-corrected chi connectivity index (χ3v) is 3.07. The van der Waals surface area contributed by atoms with Crippen LogP contribution >= 0.6 is 0 Å². The molecule has 0 aliphatic heterocycles. The van der Waals surface area contributed by atoms with Gasteiger partial charge >= 0.3 is 5.97 Å². The van der Waals surface area contributed by atoms with E-state index in [0.29, 0.717) is 18.2 Å². The van der Waals surface area contributed by atoms with Crippen molar-refractivity contribution < 1.29 is 14.3 Å². The van der Waals surface area contributed by atoms with E-state index in [1.165, 1.54) is 0 Å². The molecule has 1 atom stereocenters. The minimum atomic E-state index is -0.478. The molecule has 1 aromatic rings. The van der Waals surface area contributed by atoms with Crippen LogP contribution < -0.4 is 5.32 Å². The van der Waals surface area contributed by atoms with Crippen molar-refractivity contribution in [2.75, 3.05) is 6.61 Å². The summed E-state index contributed by atoms with van der Waals surface area (Å²) in [5.41, 5.74) is 0.630. The van der Waals surface area contributed by atoms with E-state index in [4.69, 9.17) is 4.74 Å². The molecule has 0 spiro atoms. The van der Waals surface area contributed by atoms with E-state index in [-0.39, 0.29) is 18.2 Å². The molecular weight excluding hydrogens is 242 g/mol. The Morgan fingerprint density at radius 1 is 1.32 bits per heavy atom. The molecule has 1 aromatic carbocycles. The topological polar surface area (TPSA) is 55.4 Å². The Bertz CT molecular complexity index is 440. The summed E-state index contributed by atoms with van der Waals surface area (Å²) >= 11 is 0. The maximum Gasteiger partial charge on any atom is 0.307 e. The number of carbonyl (C=O) groups is 2. The van der Waals surface area contributed by atoms with Crippen LogP contribution in [0.1, 0.15) is 36.5 Å². The molecular formula is C15H19NO3. The van der Waals surface area contributed by atoms with Crippen LogP contribution in [0.25, 0.3) is 0 Å². The number of hydrogen-bond donors (Lipinski definition) is 1. The van der Waals surface area contributed by atoms with Gasteiger partial charge in [-0.15, -0.1) is 0 Å². The number of nitrogens with one attached hydrogen (secondary N) is 1. The van der Waals surface area contributed by atoms with Gasteiger partial charge in [0.25, 0.3) is 0 Å². The van der Waals surface area contributed by atoms with Crippen molar-refractivity contribution >= 4 is 11.8 Å². The van der Waals surface area contributed by atoms with Crippen molar-refractivity contribution in [1.82, 2.24) is 5.32 Å². The SMILES string of the molecule is CCOC(=O)CC(NC1CC1)C(=O)c1ccccc1. The van der Waals surface area contributed by atoms with Gasteiger partial charge in [0.1, 0.15) is 0 Å². The first-order valence-electron chi connectivity index (χ1n) is 6.71. The van der Waals surface area contributed by atoms with E-state index in [9.17, 15) is 9.59 Å². The second kappa shape index (κ2) is 6.48. The minimum Gasteiger partial charge on any atom is -0.466 e. The maximum absolute atomic E-state index is 12.4. The molecule has 1 aliphatic rings. The number of carbonyl (C=O) groups excluding carboxylic acids is 2. The molecule has 0 aromatic heterocycles. The lowest BCUT2D eigenvalue weighted by molar-refractivity contribution is -0.143. The molecule has 1 unspecified atom stereocenters. The smallest absolute Gasteiger partial charge is 0.307 e. The highest BCUT2D eigenvalue weighted by molar-refractivity contribution is 6.01. The predicted octanol–water partition coefficient (Wildman–Crippen LogP) is 1.94. The molecule has 0 saturated heterocycles. The third-order valence-electron chi connectivity index (χ3n) is 3.07. The summed E-state index contributed by atoms with van der Waals surface area (Å²) in [6.07, 6.45) is 2.24. The number of ether oxygens (including phenoxy) is 1. The molecule has 0 heterocycles. The number of rotatable bonds is 7. The second-order valence-electron chi connectivity index (χ2n) is 4.73. The van der Waals surface area contributed by atoms with Gasteiger partial charge < -0.3 is 10.1 Å². The molecule has 0 bridgehead atoms. The second-order valence-corrected chi connectivity index (χ2v) is 4.73. The zero-order valence-electron chi connectivity index (χ0n) is 11.1. The fourth-order valence-corrected chi connectivity index (χ4v) is 1.95. The Hall–Kier alpha value is -1.68. The van der Waals surface area contributed by atoms with Gasteiger partial charge in [0.15, 0.2) is 5.78 Å². The number of benzene rings is 1. The highest BCUT2D eigenvalue weighted by Gasteiger charge is 2.30. The lowest BCUT2D eigenvalue weighted by Crippen LogP contribution is -2.40. The molecule has 102 valence electrons. The number of ketones is 1. The van der Waals surface area contributed by atoms with Crippen molar-refractivity contribution in [2.45, 2.75) is 38.3 Å². The first-order chi connectivity index (χ1) is 9.20. The summed E-state index contributed by atoms with van der Waals surface area (Å²) in [6, 6.07) is 8.95. The largest absolute Gasteiger partial charge is 0.466 e. The van der Waals surface area contributed by atoms with E-state index in [1.54, 1.807) is 19.1 Å². The quantitative estimate of drug-likeness (QED) is 0.602. The molecule has 1 N–H and O–H groups in total. The fraction of sp³-hybridized carbons (Fsp3) is 0.467. The lowest BCUT2D eigenvalue weighted by atomic mass is 10.0. The van der Waals surface area contributed by atoms with Crippen LogP contribution in [0, 0.1) is 0 Å². The van der Waals surface area contributed by atoms with Crippen molar-refractivity contribution in [3.8, 4) is 0 Å². The fourth-order valence-electron chi connectivity index (χ4n) is 1.95. The maximum atomic E-state index is 12.4. The summed E-state index contributed by atoms with van der Waals surface area (Å²) in [6.45, 7) is 2.11. The summed E-state index contributed by atoms with van der Waals surface area (Å²) in [5.74, 6) is -0.370. The molecule has 4 heteroatoms. The Balaban J connectivity index is 2.03. The van der Waals surface area contributed by atoms with Gasteiger partial charge in [-0.2, -0.15) is 0 Å². The van der Waals surface area contributed by atoms with Crippen LogP contribution in [0.2, 0.25) is 0 Å². The van der Waals surface area contributed by atoms with E-state index in [1.807, 2.05) is 18.2 Å². The Kier molecular flexibility index (Phi) is 4.68. The van der Waals surface area contributed by atoms with Crippen LogP contribution in [-0.4, -0.2) is 30.4 Å². The minimum absolute atomic E-state index is 0.0412. The van der Waals surface area contributed by atoms with Gasteiger partial charge in [0, 0.05) is 11.6 Å². The molecule has 19 heavy (non-hydrogen) atoms. The number of hydrogen-bond acceptors (Lipinski definition) is 4. The first kappa shape index (κ1) is 13.7. The highest BCUT2D eigenvalue weighted by Crippen LogP contribution is 2.21.